The molecule has 0 N–H and O–H groups in total. The van der Waals surface area contributed by atoms with Gasteiger partial charge in [0.05, 0.1) is 0 Å². The molecular weight excluding hydrogens is 292 g/mol. The maximum Gasteiger partial charge on any atom is 0.319 e. The minimum absolute atomic E-state index is 0.00158. The van der Waals surface area contributed by atoms with E-state index in [1.54, 1.807) is 23.9 Å². The first-order valence-electron chi connectivity index (χ1n) is 7.79. The molecule has 0 radical (unpaired) electrons. The van der Waals surface area contributed by atoms with Gasteiger partial charge in [-0.2, -0.15) is 0 Å². The molecule has 2 heterocycles. The number of hydrogen-bond acceptors (Lipinski definition) is 2. The molecule has 6 heteroatoms. The van der Waals surface area contributed by atoms with Crippen LogP contribution in [0.2, 0.25) is 0 Å². The molecule has 1 fully saturated rings. The Balaban J connectivity index is 1.74. The monoisotopic (exact) mass is 314 g/mol. The SMILES string of the molecule is CN(C)C(=O)N1CCN(C(=O)c2cc3ccccc3n2C)CC1. The van der Waals surface area contributed by atoms with Crippen molar-refractivity contribution in [3.05, 3.63) is 36.0 Å². The summed E-state index contributed by atoms with van der Waals surface area (Å²) in [6.07, 6.45) is 0. The van der Waals surface area contributed by atoms with E-state index in [-0.39, 0.29) is 11.9 Å². The second kappa shape index (κ2) is 5.95. The molecule has 3 amide bonds. The van der Waals surface area contributed by atoms with Crippen molar-refractivity contribution in [1.82, 2.24) is 19.3 Å². The minimum Gasteiger partial charge on any atom is -0.340 e. The van der Waals surface area contributed by atoms with Gasteiger partial charge in [-0.15, -0.1) is 0 Å². The fourth-order valence-electron chi connectivity index (χ4n) is 3.04. The number of fused-ring (bicyclic) bond motifs is 1. The van der Waals surface area contributed by atoms with Crippen molar-refractivity contribution in [2.24, 2.45) is 7.05 Å². The summed E-state index contributed by atoms with van der Waals surface area (Å²) < 4.78 is 1.94. The summed E-state index contributed by atoms with van der Waals surface area (Å²) in [7, 11) is 5.41. The van der Waals surface area contributed by atoms with Crippen molar-refractivity contribution >= 4 is 22.8 Å². The van der Waals surface area contributed by atoms with Crippen LogP contribution in [0.15, 0.2) is 30.3 Å². The number of para-hydroxylation sites is 1. The van der Waals surface area contributed by atoms with E-state index in [1.807, 2.05) is 46.8 Å². The minimum atomic E-state index is 0.00158. The standard InChI is InChI=1S/C17H22N4O2/c1-18(2)17(23)21-10-8-20(9-11-21)16(22)15-12-13-6-4-5-7-14(13)19(15)3/h4-7,12H,8-11H2,1-3H3. The summed E-state index contributed by atoms with van der Waals surface area (Å²) in [5.41, 5.74) is 1.75. The highest BCUT2D eigenvalue weighted by Crippen LogP contribution is 2.20. The van der Waals surface area contributed by atoms with E-state index in [0.29, 0.717) is 31.9 Å². The lowest BCUT2D eigenvalue weighted by Crippen LogP contribution is -2.53. The van der Waals surface area contributed by atoms with Gasteiger partial charge in [0.15, 0.2) is 0 Å². The Hall–Kier alpha value is -2.50. The quantitative estimate of drug-likeness (QED) is 0.803. The molecule has 2 aromatic rings. The fraction of sp³-hybridized carbons (Fsp3) is 0.412. The van der Waals surface area contributed by atoms with E-state index in [1.165, 1.54) is 0 Å². The molecule has 3 rings (SSSR count). The third-order valence-electron chi connectivity index (χ3n) is 4.39. The smallest absolute Gasteiger partial charge is 0.319 e. The summed E-state index contributed by atoms with van der Waals surface area (Å²) in [5.74, 6) is 0.0284. The molecule has 0 aliphatic carbocycles. The first-order chi connectivity index (χ1) is 11.0. The number of rotatable bonds is 1. The first kappa shape index (κ1) is 15.4. The van der Waals surface area contributed by atoms with Crippen LogP contribution in [0.4, 0.5) is 4.79 Å². The maximum atomic E-state index is 12.8. The molecule has 1 saturated heterocycles. The van der Waals surface area contributed by atoms with Crippen molar-refractivity contribution in [2.75, 3.05) is 40.3 Å². The lowest BCUT2D eigenvalue weighted by molar-refractivity contribution is 0.0641. The van der Waals surface area contributed by atoms with E-state index in [9.17, 15) is 9.59 Å². The van der Waals surface area contributed by atoms with E-state index >= 15 is 0 Å². The van der Waals surface area contributed by atoms with E-state index in [4.69, 9.17) is 0 Å². The van der Waals surface area contributed by atoms with Crippen molar-refractivity contribution in [3.63, 3.8) is 0 Å². The number of carbonyl (C=O) groups excluding carboxylic acids is 2. The Morgan fingerprint density at radius 2 is 1.61 bits per heavy atom. The Morgan fingerprint density at radius 3 is 2.22 bits per heavy atom. The van der Waals surface area contributed by atoms with Crippen LogP contribution in [-0.4, -0.2) is 71.5 Å². The van der Waals surface area contributed by atoms with Crippen LogP contribution in [0.3, 0.4) is 0 Å². The lowest BCUT2D eigenvalue weighted by Gasteiger charge is -2.36. The number of piperazine rings is 1. The van der Waals surface area contributed by atoms with E-state index < -0.39 is 0 Å². The summed E-state index contributed by atoms with van der Waals surface area (Å²) in [4.78, 5) is 29.9. The first-order valence-corrected chi connectivity index (χ1v) is 7.79. The molecule has 1 aliphatic heterocycles. The second-order valence-electron chi connectivity index (χ2n) is 6.10. The van der Waals surface area contributed by atoms with Gasteiger partial charge in [0.25, 0.3) is 5.91 Å². The molecule has 6 nitrogen and oxygen atoms in total. The molecule has 0 spiro atoms. The van der Waals surface area contributed by atoms with Crippen LogP contribution in [0.5, 0.6) is 0 Å². The van der Waals surface area contributed by atoms with Gasteiger partial charge in [-0.1, -0.05) is 18.2 Å². The molecular formula is C17H22N4O2. The topological polar surface area (TPSA) is 48.8 Å². The Labute approximate surface area is 135 Å². The van der Waals surface area contributed by atoms with Gasteiger partial charge in [-0.25, -0.2) is 4.79 Å². The van der Waals surface area contributed by atoms with E-state index in [0.717, 1.165) is 10.9 Å². The zero-order valence-corrected chi connectivity index (χ0v) is 13.8. The number of amides is 3. The molecule has 0 unspecified atom stereocenters. The predicted molar refractivity (Wildman–Crippen MR) is 89.5 cm³/mol. The predicted octanol–water partition coefficient (Wildman–Crippen LogP) is 1.62. The van der Waals surface area contributed by atoms with Gasteiger partial charge >= 0.3 is 6.03 Å². The highest BCUT2D eigenvalue weighted by Gasteiger charge is 2.27. The number of nitrogens with zero attached hydrogens (tertiary/aromatic N) is 4. The normalized spacial score (nSPS) is 15.1. The van der Waals surface area contributed by atoms with Crippen LogP contribution in [0, 0.1) is 0 Å². The Kier molecular flexibility index (Phi) is 3.98. The number of aryl methyl sites for hydroxylation is 1. The molecule has 23 heavy (non-hydrogen) atoms. The molecule has 122 valence electrons. The third-order valence-corrected chi connectivity index (χ3v) is 4.39. The van der Waals surface area contributed by atoms with Gasteiger partial charge in [-0.05, 0) is 12.1 Å². The summed E-state index contributed by atoms with van der Waals surface area (Å²) in [5, 5.41) is 1.07. The fourth-order valence-corrected chi connectivity index (χ4v) is 3.04. The number of aromatic nitrogens is 1. The molecule has 1 aliphatic rings. The second-order valence-corrected chi connectivity index (χ2v) is 6.10. The van der Waals surface area contributed by atoms with Crippen molar-refractivity contribution < 1.29 is 9.59 Å². The number of benzene rings is 1. The molecule has 1 aromatic carbocycles. The largest absolute Gasteiger partial charge is 0.340 e. The lowest BCUT2D eigenvalue weighted by atomic mass is 10.2. The van der Waals surface area contributed by atoms with Crippen molar-refractivity contribution in [2.45, 2.75) is 0 Å². The average Bonchev–Trinajstić information content (AvgIpc) is 2.91. The number of carbonyl (C=O) groups is 2. The van der Waals surface area contributed by atoms with Crippen molar-refractivity contribution in [3.8, 4) is 0 Å². The third kappa shape index (κ3) is 2.76. The van der Waals surface area contributed by atoms with E-state index in [2.05, 4.69) is 0 Å². The highest BCUT2D eigenvalue weighted by molar-refractivity contribution is 5.98. The zero-order chi connectivity index (χ0) is 16.6. The van der Waals surface area contributed by atoms with Crippen LogP contribution in [0.25, 0.3) is 10.9 Å². The molecule has 0 saturated carbocycles. The van der Waals surface area contributed by atoms with Gasteiger partial charge in [0.2, 0.25) is 0 Å². The number of urea groups is 1. The van der Waals surface area contributed by atoms with Crippen LogP contribution in [0.1, 0.15) is 10.5 Å². The highest BCUT2D eigenvalue weighted by atomic mass is 16.2. The zero-order valence-electron chi connectivity index (χ0n) is 13.8. The maximum absolute atomic E-state index is 12.8. The Morgan fingerprint density at radius 1 is 1.00 bits per heavy atom. The van der Waals surface area contributed by atoms with Gasteiger partial charge in [0.1, 0.15) is 5.69 Å². The molecule has 0 atom stereocenters. The summed E-state index contributed by atoms with van der Waals surface area (Å²) in [6, 6.07) is 9.92. The van der Waals surface area contributed by atoms with Gasteiger partial charge in [-0.3, -0.25) is 4.79 Å². The summed E-state index contributed by atoms with van der Waals surface area (Å²) >= 11 is 0. The van der Waals surface area contributed by atoms with Crippen molar-refractivity contribution in [1.29, 1.82) is 0 Å². The van der Waals surface area contributed by atoms with Gasteiger partial charge in [0, 0.05) is 58.2 Å². The van der Waals surface area contributed by atoms with Crippen LogP contribution in [-0.2, 0) is 7.05 Å². The molecule has 1 aromatic heterocycles. The van der Waals surface area contributed by atoms with Crippen LogP contribution >= 0.6 is 0 Å². The number of hydrogen-bond donors (Lipinski definition) is 0. The summed E-state index contributed by atoms with van der Waals surface area (Å²) in [6.45, 7) is 2.29. The van der Waals surface area contributed by atoms with Gasteiger partial charge < -0.3 is 19.3 Å². The average molecular weight is 314 g/mol. The van der Waals surface area contributed by atoms with Crippen LogP contribution < -0.4 is 0 Å². The molecule has 0 bridgehead atoms. The Bertz CT molecular complexity index is 742.